The number of nitrogens with zero attached hydrogens (tertiary/aromatic N) is 4. The minimum atomic E-state index is 0.204. The predicted molar refractivity (Wildman–Crippen MR) is 72.2 cm³/mol. The van der Waals surface area contributed by atoms with Gasteiger partial charge < -0.3 is 5.73 Å². The first-order valence-corrected chi connectivity index (χ1v) is 6.21. The number of halogens is 1. The number of hydrogen-bond acceptors (Lipinski definition) is 4. The zero-order chi connectivity index (χ0) is 13.3. The van der Waals surface area contributed by atoms with Gasteiger partial charge in [0.05, 0.1) is 6.04 Å². The Morgan fingerprint density at radius 2 is 1.94 bits per heavy atom. The molecule has 0 aliphatic heterocycles. The molecule has 6 heteroatoms. The topological polar surface area (TPSA) is 69.6 Å². The molecular formula is C12H16ClN5. The summed E-state index contributed by atoms with van der Waals surface area (Å²) in [6.07, 6.45) is 0. The van der Waals surface area contributed by atoms with Crippen molar-refractivity contribution in [1.82, 2.24) is 20.2 Å². The van der Waals surface area contributed by atoms with Gasteiger partial charge in [-0.3, -0.25) is 0 Å². The predicted octanol–water partition coefficient (Wildman–Crippen LogP) is 2.79. The third kappa shape index (κ3) is 2.46. The zero-order valence-corrected chi connectivity index (χ0v) is 11.4. The smallest absolute Gasteiger partial charge is 0.182 e. The van der Waals surface area contributed by atoms with E-state index in [1.807, 2.05) is 12.1 Å². The Hall–Kier alpha value is -1.62. The van der Waals surface area contributed by atoms with E-state index in [4.69, 9.17) is 17.3 Å². The molecule has 0 saturated carbocycles. The van der Waals surface area contributed by atoms with Crippen LogP contribution in [0.2, 0.25) is 5.02 Å². The fourth-order valence-corrected chi connectivity index (χ4v) is 1.93. The number of anilines is 1. The molecule has 0 fully saturated rings. The quantitative estimate of drug-likeness (QED) is 0.867. The van der Waals surface area contributed by atoms with E-state index in [0.717, 1.165) is 5.56 Å². The highest BCUT2D eigenvalue weighted by Crippen LogP contribution is 2.27. The molecule has 2 aromatic rings. The van der Waals surface area contributed by atoms with Gasteiger partial charge in [0, 0.05) is 16.3 Å². The molecule has 0 spiro atoms. The van der Waals surface area contributed by atoms with Gasteiger partial charge >= 0.3 is 0 Å². The molecule has 5 nitrogen and oxygen atoms in total. The van der Waals surface area contributed by atoms with E-state index in [9.17, 15) is 0 Å². The van der Waals surface area contributed by atoms with Crippen LogP contribution in [0.5, 0.6) is 0 Å². The molecule has 0 aliphatic rings. The normalized spacial score (nSPS) is 12.9. The minimum absolute atomic E-state index is 0.204. The SMILES string of the molecule is CC(C)C(C)n1nnnc1-c1cc(N)cc(Cl)c1. The largest absolute Gasteiger partial charge is 0.399 e. The summed E-state index contributed by atoms with van der Waals surface area (Å²) in [7, 11) is 0. The van der Waals surface area contributed by atoms with Crippen LogP contribution in [0.4, 0.5) is 5.69 Å². The molecule has 18 heavy (non-hydrogen) atoms. The van der Waals surface area contributed by atoms with Crippen LogP contribution in [0.15, 0.2) is 18.2 Å². The van der Waals surface area contributed by atoms with Crippen molar-refractivity contribution >= 4 is 17.3 Å². The van der Waals surface area contributed by atoms with Crippen molar-refractivity contribution in [2.45, 2.75) is 26.8 Å². The van der Waals surface area contributed by atoms with E-state index in [1.54, 1.807) is 10.7 Å². The van der Waals surface area contributed by atoms with Gasteiger partial charge in [-0.1, -0.05) is 25.4 Å². The minimum Gasteiger partial charge on any atom is -0.399 e. The van der Waals surface area contributed by atoms with Gasteiger partial charge in [-0.25, -0.2) is 4.68 Å². The Bertz CT molecular complexity index is 529. The summed E-state index contributed by atoms with van der Waals surface area (Å²) < 4.78 is 1.80. The summed E-state index contributed by atoms with van der Waals surface area (Å²) in [6, 6.07) is 5.54. The monoisotopic (exact) mass is 265 g/mol. The van der Waals surface area contributed by atoms with Crippen molar-refractivity contribution in [3.8, 4) is 11.4 Å². The van der Waals surface area contributed by atoms with Gasteiger partial charge in [0.2, 0.25) is 0 Å². The second-order valence-electron chi connectivity index (χ2n) is 4.70. The van der Waals surface area contributed by atoms with Crippen molar-refractivity contribution in [2.24, 2.45) is 5.92 Å². The fourth-order valence-electron chi connectivity index (χ4n) is 1.68. The molecular weight excluding hydrogens is 250 g/mol. The Balaban J connectivity index is 2.48. The van der Waals surface area contributed by atoms with Crippen LogP contribution in [0.25, 0.3) is 11.4 Å². The van der Waals surface area contributed by atoms with Crippen LogP contribution in [-0.4, -0.2) is 20.2 Å². The fraction of sp³-hybridized carbons (Fsp3) is 0.417. The first kappa shape index (κ1) is 12.8. The highest BCUT2D eigenvalue weighted by molar-refractivity contribution is 6.31. The molecule has 0 bridgehead atoms. The van der Waals surface area contributed by atoms with Crippen LogP contribution in [0.3, 0.4) is 0 Å². The third-order valence-corrected chi connectivity index (χ3v) is 3.24. The van der Waals surface area contributed by atoms with Crippen LogP contribution < -0.4 is 5.73 Å². The van der Waals surface area contributed by atoms with Gasteiger partial charge in [0.25, 0.3) is 0 Å². The maximum absolute atomic E-state index is 6.00. The van der Waals surface area contributed by atoms with E-state index < -0.39 is 0 Å². The van der Waals surface area contributed by atoms with Crippen LogP contribution >= 0.6 is 11.6 Å². The average molecular weight is 266 g/mol. The van der Waals surface area contributed by atoms with Crippen molar-refractivity contribution < 1.29 is 0 Å². The third-order valence-electron chi connectivity index (χ3n) is 3.02. The highest BCUT2D eigenvalue weighted by Gasteiger charge is 2.17. The average Bonchev–Trinajstić information content (AvgIpc) is 2.75. The first-order valence-electron chi connectivity index (χ1n) is 5.83. The van der Waals surface area contributed by atoms with E-state index >= 15 is 0 Å². The summed E-state index contributed by atoms with van der Waals surface area (Å²) in [4.78, 5) is 0. The summed E-state index contributed by atoms with van der Waals surface area (Å²) in [6.45, 7) is 6.34. The summed E-state index contributed by atoms with van der Waals surface area (Å²) >= 11 is 6.00. The number of nitrogens with two attached hydrogens (primary N) is 1. The Morgan fingerprint density at radius 3 is 2.56 bits per heavy atom. The summed E-state index contributed by atoms with van der Waals surface area (Å²) in [5, 5.41) is 12.4. The molecule has 0 radical (unpaired) electrons. The molecule has 1 aromatic carbocycles. The second kappa shape index (κ2) is 4.94. The number of hydrogen-bond donors (Lipinski definition) is 1. The van der Waals surface area contributed by atoms with Gasteiger partial charge in [-0.05, 0) is 41.5 Å². The molecule has 1 atom stereocenters. The zero-order valence-electron chi connectivity index (χ0n) is 10.6. The van der Waals surface area contributed by atoms with Crippen LogP contribution in [-0.2, 0) is 0 Å². The second-order valence-corrected chi connectivity index (χ2v) is 5.14. The van der Waals surface area contributed by atoms with Crippen molar-refractivity contribution in [1.29, 1.82) is 0 Å². The molecule has 0 saturated heterocycles. The maximum Gasteiger partial charge on any atom is 0.182 e. The van der Waals surface area contributed by atoms with E-state index in [-0.39, 0.29) is 6.04 Å². The highest BCUT2D eigenvalue weighted by atomic mass is 35.5. The molecule has 96 valence electrons. The molecule has 1 heterocycles. The molecule has 1 aromatic heterocycles. The number of nitrogen functional groups attached to an aromatic ring is 1. The lowest BCUT2D eigenvalue weighted by molar-refractivity contribution is 0.371. The lowest BCUT2D eigenvalue weighted by atomic mass is 10.1. The molecule has 1 unspecified atom stereocenters. The van der Waals surface area contributed by atoms with Gasteiger partial charge in [0.1, 0.15) is 0 Å². The van der Waals surface area contributed by atoms with Crippen molar-refractivity contribution in [3.63, 3.8) is 0 Å². The standard InChI is InChI=1S/C12H16ClN5/c1-7(2)8(3)18-12(15-16-17-18)9-4-10(13)6-11(14)5-9/h4-8H,14H2,1-3H3. The molecule has 0 aliphatic carbocycles. The number of benzene rings is 1. The summed E-state index contributed by atoms with van der Waals surface area (Å²) in [5.74, 6) is 1.12. The lowest BCUT2D eigenvalue weighted by Gasteiger charge is -2.17. The Morgan fingerprint density at radius 1 is 1.22 bits per heavy atom. The molecule has 0 amide bonds. The molecule has 2 N–H and O–H groups in total. The van der Waals surface area contributed by atoms with Gasteiger partial charge in [0.15, 0.2) is 5.82 Å². The molecule has 2 rings (SSSR count). The maximum atomic E-state index is 6.00. The van der Waals surface area contributed by atoms with E-state index in [0.29, 0.717) is 22.5 Å². The lowest BCUT2D eigenvalue weighted by Crippen LogP contribution is -2.14. The van der Waals surface area contributed by atoms with Crippen molar-refractivity contribution in [3.05, 3.63) is 23.2 Å². The first-order chi connectivity index (χ1) is 8.49. The van der Waals surface area contributed by atoms with Crippen LogP contribution in [0.1, 0.15) is 26.8 Å². The van der Waals surface area contributed by atoms with Crippen molar-refractivity contribution in [2.75, 3.05) is 5.73 Å². The summed E-state index contributed by atoms with van der Waals surface area (Å²) in [5.41, 5.74) is 7.22. The van der Waals surface area contributed by atoms with Gasteiger partial charge in [-0.15, -0.1) is 5.10 Å². The number of rotatable bonds is 3. The Labute approximate surface area is 111 Å². The van der Waals surface area contributed by atoms with E-state index in [1.165, 1.54) is 0 Å². The number of aromatic nitrogens is 4. The van der Waals surface area contributed by atoms with Gasteiger partial charge in [-0.2, -0.15) is 0 Å². The van der Waals surface area contributed by atoms with Crippen LogP contribution in [0, 0.1) is 5.92 Å². The Kier molecular flexibility index (Phi) is 3.52. The van der Waals surface area contributed by atoms with E-state index in [2.05, 4.69) is 36.3 Å². The number of tetrazole rings is 1.